The number of para-hydroxylation sites is 2. The average molecular weight is 746 g/mol. The Morgan fingerprint density at radius 2 is 1.02 bits per heavy atom. The van der Waals surface area contributed by atoms with E-state index in [-0.39, 0.29) is 0 Å². The maximum atomic E-state index is 4.70. The number of hydrogen-bond donors (Lipinski definition) is 4. The molecule has 8 aromatic rings. The highest BCUT2D eigenvalue weighted by Crippen LogP contribution is 2.32. The van der Waals surface area contributed by atoms with Crippen molar-refractivity contribution in [3.63, 3.8) is 0 Å². The van der Waals surface area contributed by atoms with Crippen LogP contribution in [0.2, 0.25) is 0 Å². The van der Waals surface area contributed by atoms with Crippen molar-refractivity contribution in [3.05, 3.63) is 131 Å². The van der Waals surface area contributed by atoms with E-state index in [1.165, 1.54) is 11.8 Å². The summed E-state index contributed by atoms with van der Waals surface area (Å²) in [6.45, 7) is 3.93. The second kappa shape index (κ2) is 14.9. The molecule has 0 saturated carbocycles. The molecule has 0 amide bonds. The fourth-order valence-electron chi connectivity index (χ4n) is 4.83. The summed E-state index contributed by atoms with van der Waals surface area (Å²) in [6.07, 6.45) is 0. The smallest absolute Gasteiger partial charge is 0.195 e. The molecule has 49 heavy (non-hydrogen) atoms. The summed E-state index contributed by atoms with van der Waals surface area (Å²) in [4.78, 5) is 20.9. The number of anilines is 4. The summed E-state index contributed by atoms with van der Waals surface area (Å²) >= 11 is 6.57. The van der Waals surface area contributed by atoms with E-state index >= 15 is 0 Å². The van der Waals surface area contributed by atoms with Gasteiger partial charge in [-0.15, -0.1) is 0 Å². The molecule has 4 aromatic heterocycles. The lowest BCUT2D eigenvalue weighted by atomic mass is 10.2. The van der Waals surface area contributed by atoms with Crippen LogP contribution >= 0.6 is 39.5 Å². The predicted octanol–water partition coefficient (Wildman–Crippen LogP) is 9.87. The van der Waals surface area contributed by atoms with Crippen molar-refractivity contribution in [2.45, 2.75) is 34.0 Å². The molecule has 4 N–H and O–H groups in total. The van der Waals surface area contributed by atoms with Crippen molar-refractivity contribution in [1.82, 2.24) is 40.3 Å². The standard InChI is InChI=1S/C18H14BrN5S.C18H15N5S/c1-11-9-16(24-23-11)21-17-14-7-2-3-8-15(14)20-18(22-17)25-13-6-4-5-12(19)10-13;1-12-11-16(23-22-12)20-17-14-9-5-6-10-15(14)19-18(21-17)24-13-7-3-2-4-8-13/h2-10H,1H3,(H2,20,21,22,23,24);2-11H,1H3,(H2,19,20,21,22,23). The van der Waals surface area contributed by atoms with Crippen molar-refractivity contribution in [2.75, 3.05) is 10.6 Å². The highest BCUT2D eigenvalue weighted by Gasteiger charge is 2.12. The van der Waals surface area contributed by atoms with Crippen LogP contribution in [0.15, 0.2) is 140 Å². The van der Waals surface area contributed by atoms with Crippen molar-refractivity contribution in [1.29, 1.82) is 0 Å². The Morgan fingerprint density at radius 3 is 1.53 bits per heavy atom. The SMILES string of the molecule is Cc1cc(Nc2nc(Sc3cccc(Br)c3)nc3ccccc23)n[nH]1.Cc1cc(Nc2nc(Sc3ccccc3)nc3ccccc23)n[nH]1. The van der Waals surface area contributed by atoms with Crippen LogP contribution in [0.1, 0.15) is 11.4 Å². The molecule has 0 unspecified atom stereocenters. The number of nitrogens with one attached hydrogen (secondary N) is 4. The quantitative estimate of drug-likeness (QED) is 0.111. The molecule has 4 aromatic carbocycles. The van der Waals surface area contributed by atoms with E-state index in [1.807, 2.05) is 129 Å². The molecule has 0 spiro atoms. The summed E-state index contributed by atoms with van der Waals surface area (Å²) in [5.74, 6) is 2.98. The van der Waals surface area contributed by atoms with Gasteiger partial charge in [0.25, 0.3) is 0 Å². The van der Waals surface area contributed by atoms with E-state index in [4.69, 9.17) is 4.98 Å². The first-order valence-corrected chi connectivity index (χ1v) is 17.7. The number of H-pyrrole nitrogens is 2. The third-order valence-corrected chi connectivity index (χ3v) is 9.25. The molecule has 0 saturated heterocycles. The summed E-state index contributed by atoms with van der Waals surface area (Å²) in [5.41, 5.74) is 3.78. The molecule has 8 rings (SSSR count). The number of benzene rings is 4. The maximum Gasteiger partial charge on any atom is 0.195 e. The fraction of sp³-hybridized carbons (Fsp3) is 0.0556. The molecule has 0 aliphatic heterocycles. The second-order valence-electron chi connectivity index (χ2n) is 10.8. The van der Waals surface area contributed by atoms with Gasteiger partial charge in [0.05, 0.1) is 11.0 Å². The van der Waals surface area contributed by atoms with Crippen LogP contribution in [0.4, 0.5) is 23.3 Å². The van der Waals surface area contributed by atoms with Crippen LogP contribution in [-0.2, 0) is 0 Å². The topological polar surface area (TPSA) is 133 Å². The van der Waals surface area contributed by atoms with Gasteiger partial charge < -0.3 is 10.6 Å². The van der Waals surface area contributed by atoms with Crippen LogP contribution in [-0.4, -0.2) is 40.3 Å². The number of aromatic nitrogens is 8. The Kier molecular flexibility index (Phi) is 9.82. The molecule has 13 heteroatoms. The first-order valence-electron chi connectivity index (χ1n) is 15.2. The zero-order chi connectivity index (χ0) is 33.6. The van der Waals surface area contributed by atoms with Crippen molar-refractivity contribution >= 4 is 84.5 Å². The number of halogens is 1. The monoisotopic (exact) mass is 744 g/mol. The minimum absolute atomic E-state index is 0.687. The highest BCUT2D eigenvalue weighted by molar-refractivity contribution is 9.10. The number of fused-ring (bicyclic) bond motifs is 2. The molecule has 0 bridgehead atoms. The lowest BCUT2D eigenvalue weighted by Crippen LogP contribution is -1.99. The van der Waals surface area contributed by atoms with Crippen LogP contribution in [0.25, 0.3) is 21.8 Å². The number of nitrogens with zero attached hydrogens (tertiary/aromatic N) is 6. The Bertz CT molecular complexity index is 2360. The molecule has 242 valence electrons. The predicted molar refractivity (Wildman–Crippen MR) is 201 cm³/mol. The number of rotatable bonds is 8. The zero-order valence-electron chi connectivity index (χ0n) is 26.3. The van der Waals surface area contributed by atoms with Gasteiger partial charge in [0.1, 0.15) is 11.6 Å². The second-order valence-corrected chi connectivity index (χ2v) is 13.8. The third kappa shape index (κ3) is 8.26. The molecule has 0 aliphatic rings. The van der Waals surface area contributed by atoms with Gasteiger partial charge in [-0.2, -0.15) is 10.2 Å². The first kappa shape index (κ1) is 32.3. The lowest BCUT2D eigenvalue weighted by molar-refractivity contribution is 1.00. The maximum absolute atomic E-state index is 4.70. The highest BCUT2D eigenvalue weighted by atomic mass is 79.9. The van der Waals surface area contributed by atoms with Gasteiger partial charge in [-0.3, -0.25) is 10.2 Å². The van der Waals surface area contributed by atoms with E-state index in [0.29, 0.717) is 10.3 Å². The van der Waals surface area contributed by atoms with E-state index in [0.717, 1.165) is 70.7 Å². The minimum atomic E-state index is 0.687. The number of hydrogen-bond acceptors (Lipinski definition) is 10. The Hall–Kier alpha value is -5.24. The van der Waals surface area contributed by atoms with Gasteiger partial charge in [-0.05, 0) is 92.0 Å². The fourth-order valence-corrected chi connectivity index (χ4v) is 6.99. The van der Waals surface area contributed by atoms with Crippen LogP contribution < -0.4 is 10.6 Å². The normalized spacial score (nSPS) is 10.9. The van der Waals surface area contributed by atoms with Crippen molar-refractivity contribution in [2.24, 2.45) is 0 Å². The van der Waals surface area contributed by atoms with Crippen molar-refractivity contribution in [3.8, 4) is 0 Å². The molecule has 0 fully saturated rings. The van der Waals surface area contributed by atoms with Gasteiger partial charge in [0.15, 0.2) is 21.9 Å². The molecule has 10 nitrogen and oxygen atoms in total. The van der Waals surface area contributed by atoms with Gasteiger partial charge >= 0.3 is 0 Å². The third-order valence-electron chi connectivity index (χ3n) is 7.03. The van der Waals surface area contributed by atoms with Gasteiger partial charge in [0.2, 0.25) is 0 Å². The summed E-state index contributed by atoms with van der Waals surface area (Å²) in [7, 11) is 0. The molecular formula is C36H29BrN10S2. The summed E-state index contributed by atoms with van der Waals surface area (Å²) in [5, 5.41) is 24.2. The number of aromatic amines is 2. The van der Waals surface area contributed by atoms with Gasteiger partial charge in [-0.25, -0.2) is 19.9 Å². The molecule has 0 aliphatic carbocycles. The molecular weight excluding hydrogens is 717 g/mol. The summed E-state index contributed by atoms with van der Waals surface area (Å²) < 4.78 is 1.03. The lowest BCUT2D eigenvalue weighted by Gasteiger charge is -2.09. The van der Waals surface area contributed by atoms with Crippen LogP contribution in [0.5, 0.6) is 0 Å². The Morgan fingerprint density at radius 1 is 0.531 bits per heavy atom. The molecule has 0 atom stereocenters. The van der Waals surface area contributed by atoms with Crippen LogP contribution in [0.3, 0.4) is 0 Å². The molecule has 4 heterocycles. The van der Waals surface area contributed by atoms with E-state index in [9.17, 15) is 0 Å². The number of aryl methyl sites for hydroxylation is 2. The minimum Gasteiger partial charge on any atom is -0.323 e. The largest absolute Gasteiger partial charge is 0.323 e. The van der Waals surface area contributed by atoms with E-state index in [2.05, 4.69) is 61.9 Å². The van der Waals surface area contributed by atoms with Gasteiger partial charge in [-0.1, -0.05) is 64.5 Å². The zero-order valence-corrected chi connectivity index (χ0v) is 29.6. The van der Waals surface area contributed by atoms with Crippen molar-refractivity contribution < 1.29 is 0 Å². The van der Waals surface area contributed by atoms with E-state index < -0.39 is 0 Å². The van der Waals surface area contributed by atoms with Crippen LogP contribution in [0, 0.1) is 13.8 Å². The first-order chi connectivity index (χ1) is 23.9. The van der Waals surface area contributed by atoms with Gasteiger partial charge in [0, 0.05) is 48.6 Å². The summed E-state index contributed by atoms with van der Waals surface area (Å²) in [6, 6.07) is 38.0. The van der Waals surface area contributed by atoms with E-state index in [1.54, 1.807) is 11.8 Å². The average Bonchev–Trinajstić information content (AvgIpc) is 3.72. The Balaban J connectivity index is 0.000000154. The molecule has 0 radical (unpaired) electrons. The Labute approximate surface area is 299 Å².